The highest BCUT2D eigenvalue weighted by molar-refractivity contribution is 9.10. The summed E-state index contributed by atoms with van der Waals surface area (Å²) in [6.45, 7) is 0. The molecule has 0 heterocycles. The molecule has 2 rings (SSSR count). The van der Waals surface area contributed by atoms with E-state index in [-0.39, 0.29) is 11.9 Å². The van der Waals surface area contributed by atoms with Crippen molar-refractivity contribution in [2.45, 2.75) is 6.04 Å². The monoisotopic (exact) mass is 294 g/mol. The van der Waals surface area contributed by atoms with Crippen molar-refractivity contribution in [3.63, 3.8) is 0 Å². The van der Waals surface area contributed by atoms with Crippen LogP contribution in [0.25, 0.3) is 0 Å². The highest BCUT2D eigenvalue weighted by Gasteiger charge is 2.12. The maximum Gasteiger partial charge on any atom is 0.123 e. The summed E-state index contributed by atoms with van der Waals surface area (Å²) in [4.78, 5) is 0. The molecule has 0 aliphatic carbocycles. The summed E-state index contributed by atoms with van der Waals surface area (Å²) in [5, 5.41) is 0. The molecule has 0 aliphatic heterocycles. The summed E-state index contributed by atoms with van der Waals surface area (Å²) in [6, 6.07) is 14.0. The molecular weight excluding hydrogens is 283 g/mol. The van der Waals surface area contributed by atoms with Gasteiger partial charge in [-0.25, -0.2) is 9.82 Å². The van der Waals surface area contributed by atoms with E-state index in [1.54, 1.807) is 12.1 Å². The largest absolute Gasteiger partial charge is 0.271 e. The van der Waals surface area contributed by atoms with E-state index in [0.717, 1.165) is 15.6 Å². The molecular formula is C13H12BrFN2. The van der Waals surface area contributed by atoms with Crippen molar-refractivity contribution in [3.8, 4) is 0 Å². The SMILES string of the molecule is NN[C@@H](c1ccc(F)cc1)c1cccc(Br)c1. The van der Waals surface area contributed by atoms with Gasteiger partial charge >= 0.3 is 0 Å². The molecule has 0 fully saturated rings. The quantitative estimate of drug-likeness (QED) is 0.674. The van der Waals surface area contributed by atoms with Gasteiger partial charge < -0.3 is 0 Å². The lowest BCUT2D eigenvalue weighted by molar-refractivity contribution is 0.615. The third-order valence-corrected chi connectivity index (χ3v) is 3.05. The lowest BCUT2D eigenvalue weighted by Gasteiger charge is -2.17. The molecule has 2 nitrogen and oxygen atoms in total. The Morgan fingerprint density at radius 3 is 2.35 bits per heavy atom. The van der Waals surface area contributed by atoms with Gasteiger partial charge in [0.05, 0.1) is 6.04 Å². The Balaban J connectivity index is 2.36. The average Bonchev–Trinajstić information content (AvgIpc) is 2.33. The Labute approximate surface area is 108 Å². The fourth-order valence-corrected chi connectivity index (χ4v) is 2.14. The molecule has 0 spiro atoms. The first kappa shape index (κ1) is 12.2. The van der Waals surface area contributed by atoms with Crippen LogP contribution in [0, 0.1) is 5.82 Å². The van der Waals surface area contributed by atoms with Crippen molar-refractivity contribution in [1.82, 2.24) is 5.43 Å². The first-order valence-corrected chi connectivity index (χ1v) is 5.97. The third-order valence-electron chi connectivity index (χ3n) is 2.55. The van der Waals surface area contributed by atoms with Crippen LogP contribution in [0.2, 0.25) is 0 Å². The Morgan fingerprint density at radius 2 is 1.76 bits per heavy atom. The molecule has 0 bridgehead atoms. The Kier molecular flexibility index (Phi) is 3.89. The van der Waals surface area contributed by atoms with Crippen LogP contribution in [0.15, 0.2) is 53.0 Å². The Hall–Kier alpha value is -1.23. The van der Waals surface area contributed by atoms with Crippen LogP contribution in [-0.4, -0.2) is 0 Å². The summed E-state index contributed by atoms with van der Waals surface area (Å²) in [7, 11) is 0. The second-order valence-electron chi connectivity index (χ2n) is 3.71. The fraction of sp³-hybridized carbons (Fsp3) is 0.0769. The van der Waals surface area contributed by atoms with Crippen molar-refractivity contribution < 1.29 is 4.39 Å². The van der Waals surface area contributed by atoms with Crippen LogP contribution in [-0.2, 0) is 0 Å². The predicted octanol–water partition coefficient (Wildman–Crippen LogP) is 3.14. The summed E-state index contributed by atoms with van der Waals surface area (Å²) in [5.74, 6) is 5.31. The van der Waals surface area contributed by atoms with E-state index in [1.165, 1.54) is 12.1 Å². The second-order valence-corrected chi connectivity index (χ2v) is 4.62. The zero-order valence-electron chi connectivity index (χ0n) is 9.03. The van der Waals surface area contributed by atoms with Crippen LogP contribution < -0.4 is 11.3 Å². The Morgan fingerprint density at radius 1 is 1.06 bits per heavy atom. The summed E-state index contributed by atoms with van der Waals surface area (Å²) in [6.07, 6.45) is 0. The molecule has 0 aliphatic rings. The van der Waals surface area contributed by atoms with Crippen molar-refractivity contribution in [2.24, 2.45) is 5.84 Å². The van der Waals surface area contributed by atoms with Gasteiger partial charge in [-0.05, 0) is 35.4 Å². The standard InChI is InChI=1S/C13H12BrFN2/c14-11-3-1-2-10(8-11)13(17-16)9-4-6-12(15)7-5-9/h1-8,13,17H,16H2/t13-/m0/s1. The number of hydrogen-bond donors (Lipinski definition) is 2. The lowest BCUT2D eigenvalue weighted by atomic mass is 9.99. The first-order valence-electron chi connectivity index (χ1n) is 5.18. The van der Waals surface area contributed by atoms with Gasteiger partial charge in [0.2, 0.25) is 0 Å². The fourth-order valence-electron chi connectivity index (χ4n) is 1.73. The molecule has 17 heavy (non-hydrogen) atoms. The molecule has 2 aromatic rings. The molecule has 2 aromatic carbocycles. The molecule has 88 valence electrons. The second kappa shape index (κ2) is 5.40. The molecule has 1 atom stereocenters. The van der Waals surface area contributed by atoms with Crippen LogP contribution in [0.1, 0.15) is 17.2 Å². The minimum atomic E-state index is -0.251. The van der Waals surface area contributed by atoms with E-state index in [2.05, 4.69) is 21.4 Å². The Bertz CT molecular complexity index is 499. The predicted molar refractivity (Wildman–Crippen MR) is 69.7 cm³/mol. The molecule has 0 saturated heterocycles. The maximum atomic E-state index is 12.9. The van der Waals surface area contributed by atoms with Crippen LogP contribution in [0.3, 0.4) is 0 Å². The third kappa shape index (κ3) is 2.91. The van der Waals surface area contributed by atoms with Crippen molar-refractivity contribution in [3.05, 3.63) is 69.9 Å². The average molecular weight is 295 g/mol. The zero-order chi connectivity index (χ0) is 12.3. The van der Waals surface area contributed by atoms with Gasteiger partial charge in [0.25, 0.3) is 0 Å². The molecule has 3 N–H and O–H groups in total. The minimum absolute atomic E-state index is 0.145. The number of hydrogen-bond acceptors (Lipinski definition) is 2. The smallest absolute Gasteiger partial charge is 0.123 e. The van der Waals surface area contributed by atoms with Crippen LogP contribution in [0.5, 0.6) is 0 Å². The number of hydrazine groups is 1. The summed E-state index contributed by atoms with van der Waals surface area (Å²) in [5.41, 5.74) is 4.68. The van der Waals surface area contributed by atoms with Gasteiger partial charge in [-0.3, -0.25) is 5.84 Å². The van der Waals surface area contributed by atoms with Gasteiger partial charge in [-0.1, -0.05) is 40.2 Å². The lowest BCUT2D eigenvalue weighted by Crippen LogP contribution is -2.28. The molecule has 0 unspecified atom stereocenters. The van der Waals surface area contributed by atoms with Crippen LogP contribution in [0.4, 0.5) is 4.39 Å². The van der Waals surface area contributed by atoms with Crippen molar-refractivity contribution in [1.29, 1.82) is 0 Å². The van der Waals surface area contributed by atoms with Gasteiger partial charge in [0, 0.05) is 4.47 Å². The van der Waals surface area contributed by atoms with E-state index in [4.69, 9.17) is 5.84 Å². The normalized spacial score (nSPS) is 12.4. The molecule has 0 amide bonds. The number of rotatable bonds is 3. The van der Waals surface area contributed by atoms with Crippen molar-refractivity contribution >= 4 is 15.9 Å². The summed E-state index contributed by atoms with van der Waals surface area (Å²) < 4.78 is 13.8. The highest BCUT2D eigenvalue weighted by Crippen LogP contribution is 2.23. The van der Waals surface area contributed by atoms with Gasteiger partial charge in [-0.15, -0.1) is 0 Å². The summed E-state index contributed by atoms with van der Waals surface area (Å²) >= 11 is 3.42. The molecule has 0 aromatic heterocycles. The van der Waals surface area contributed by atoms with E-state index < -0.39 is 0 Å². The number of halogens is 2. The number of nitrogens with one attached hydrogen (secondary N) is 1. The zero-order valence-corrected chi connectivity index (χ0v) is 10.6. The first-order chi connectivity index (χ1) is 8.20. The maximum absolute atomic E-state index is 12.9. The topological polar surface area (TPSA) is 38.0 Å². The van der Waals surface area contributed by atoms with E-state index in [1.807, 2.05) is 24.3 Å². The van der Waals surface area contributed by atoms with Crippen molar-refractivity contribution in [2.75, 3.05) is 0 Å². The van der Waals surface area contributed by atoms with Gasteiger partial charge in [0.15, 0.2) is 0 Å². The molecule has 0 radical (unpaired) electrons. The van der Waals surface area contributed by atoms with Gasteiger partial charge in [0.1, 0.15) is 5.82 Å². The van der Waals surface area contributed by atoms with E-state index in [0.29, 0.717) is 0 Å². The van der Waals surface area contributed by atoms with Crippen LogP contribution >= 0.6 is 15.9 Å². The number of nitrogens with two attached hydrogens (primary N) is 1. The van der Waals surface area contributed by atoms with Gasteiger partial charge in [-0.2, -0.15) is 0 Å². The number of benzene rings is 2. The van der Waals surface area contributed by atoms with E-state index in [9.17, 15) is 4.39 Å². The minimum Gasteiger partial charge on any atom is -0.271 e. The molecule has 0 saturated carbocycles. The highest BCUT2D eigenvalue weighted by atomic mass is 79.9. The van der Waals surface area contributed by atoms with E-state index >= 15 is 0 Å². The molecule has 4 heteroatoms.